The van der Waals surface area contributed by atoms with Crippen LogP contribution in [0.3, 0.4) is 0 Å². The van der Waals surface area contributed by atoms with Crippen molar-refractivity contribution in [3.05, 3.63) is 112 Å². The highest BCUT2D eigenvalue weighted by atomic mass is 15.2. The number of piperidine rings is 1. The van der Waals surface area contributed by atoms with Gasteiger partial charge in [-0.05, 0) is 119 Å². The van der Waals surface area contributed by atoms with Crippen LogP contribution in [0.2, 0.25) is 0 Å². The van der Waals surface area contributed by atoms with Crippen molar-refractivity contribution in [3.63, 3.8) is 0 Å². The standard InChI is InChI=1S/C38H39N/c1-37(2)34-15-7-6-13-32(34)33-19-17-27(25-36(33)37)38(39-23-8-3-9-24-39)22-10-14-31-30-18-16-26-11-4-5-12-28(26)29(30)20-21-35(31)38/h4,6-7,11,13,15-21,25H,3,5,8-10,12,14,22-24H2,1-2H3. The lowest BCUT2D eigenvalue weighted by molar-refractivity contribution is 0.0812. The SMILES string of the molecule is CC1(C)c2ccccc2-c2ccc(C3(N4CCCCC4)CCCc4c3ccc3c5c(ccc43)C=CCC5)cc21. The molecule has 1 saturated heterocycles. The Bertz CT molecular complexity index is 1650. The van der Waals surface area contributed by atoms with E-state index in [0.717, 1.165) is 6.42 Å². The summed E-state index contributed by atoms with van der Waals surface area (Å²) in [6, 6.07) is 26.5. The molecule has 0 saturated carbocycles. The Labute approximate surface area is 233 Å². The van der Waals surface area contributed by atoms with E-state index in [9.17, 15) is 0 Å². The quantitative estimate of drug-likeness (QED) is 0.260. The van der Waals surface area contributed by atoms with E-state index in [1.807, 2.05) is 0 Å². The lowest BCUT2D eigenvalue weighted by atomic mass is 9.68. The van der Waals surface area contributed by atoms with E-state index >= 15 is 0 Å². The van der Waals surface area contributed by atoms with Gasteiger partial charge in [-0.2, -0.15) is 0 Å². The molecule has 0 amide bonds. The van der Waals surface area contributed by atoms with Crippen LogP contribution in [0.4, 0.5) is 0 Å². The van der Waals surface area contributed by atoms with E-state index in [-0.39, 0.29) is 11.0 Å². The minimum atomic E-state index is -0.0438. The molecule has 0 spiro atoms. The summed E-state index contributed by atoms with van der Waals surface area (Å²) < 4.78 is 0. The molecular formula is C38H39N. The first-order chi connectivity index (χ1) is 19.1. The average Bonchev–Trinajstić information content (AvgIpc) is 3.23. The van der Waals surface area contributed by atoms with E-state index in [1.165, 1.54) is 102 Å². The van der Waals surface area contributed by atoms with Gasteiger partial charge in [0.1, 0.15) is 0 Å². The monoisotopic (exact) mass is 509 g/mol. The van der Waals surface area contributed by atoms with Crippen molar-refractivity contribution in [2.75, 3.05) is 13.1 Å². The first-order valence-electron chi connectivity index (χ1n) is 15.3. The predicted molar refractivity (Wildman–Crippen MR) is 164 cm³/mol. The van der Waals surface area contributed by atoms with Crippen LogP contribution in [0, 0.1) is 0 Å². The Kier molecular flexibility index (Phi) is 5.27. The number of fused-ring (bicyclic) bond motifs is 8. The topological polar surface area (TPSA) is 3.24 Å². The van der Waals surface area contributed by atoms with E-state index in [1.54, 1.807) is 16.7 Å². The highest BCUT2D eigenvalue weighted by Gasteiger charge is 2.45. The fraction of sp³-hybridized carbons (Fsp3) is 0.368. The van der Waals surface area contributed by atoms with Crippen LogP contribution in [-0.4, -0.2) is 18.0 Å². The molecule has 1 aliphatic heterocycles. The van der Waals surface area contributed by atoms with Crippen molar-refractivity contribution in [3.8, 4) is 11.1 Å². The maximum atomic E-state index is 2.89. The molecule has 1 fully saturated rings. The second-order valence-corrected chi connectivity index (χ2v) is 13.0. The zero-order valence-electron chi connectivity index (χ0n) is 23.5. The van der Waals surface area contributed by atoms with Crippen LogP contribution >= 0.6 is 0 Å². The Morgan fingerprint density at radius 1 is 0.667 bits per heavy atom. The van der Waals surface area contributed by atoms with Crippen LogP contribution < -0.4 is 0 Å². The van der Waals surface area contributed by atoms with Crippen LogP contribution in [0.5, 0.6) is 0 Å². The number of nitrogens with zero attached hydrogens (tertiary/aromatic N) is 1. The molecule has 0 aromatic heterocycles. The first kappa shape index (κ1) is 23.7. The second kappa shape index (κ2) is 8.67. The van der Waals surface area contributed by atoms with Crippen molar-refractivity contribution in [2.24, 2.45) is 0 Å². The van der Waals surface area contributed by atoms with E-state index < -0.39 is 0 Å². The van der Waals surface area contributed by atoms with Gasteiger partial charge in [0.15, 0.2) is 0 Å². The summed E-state index contributed by atoms with van der Waals surface area (Å²) in [6.07, 6.45) is 14.6. The molecule has 4 aromatic carbocycles. The van der Waals surface area contributed by atoms with Gasteiger partial charge in [0.25, 0.3) is 0 Å². The van der Waals surface area contributed by atoms with E-state index in [0.29, 0.717) is 0 Å². The molecule has 1 unspecified atom stereocenters. The first-order valence-corrected chi connectivity index (χ1v) is 15.3. The van der Waals surface area contributed by atoms with Crippen LogP contribution in [0.1, 0.15) is 91.3 Å². The van der Waals surface area contributed by atoms with Gasteiger partial charge in [-0.15, -0.1) is 0 Å². The van der Waals surface area contributed by atoms with Gasteiger partial charge in [-0.3, -0.25) is 4.90 Å². The van der Waals surface area contributed by atoms with Crippen molar-refractivity contribution < 1.29 is 0 Å². The second-order valence-electron chi connectivity index (χ2n) is 13.0. The number of hydrogen-bond donors (Lipinski definition) is 0. The summed E-state index contributed by atoms with van der Waals surface area (Å²) in [5.74, 6) is 0. The maximum absolute atomic E-state index is 2.89. The number of benzene rings is 4. The highest BCUT2D eigenvalue weighted by molar-refractivity contribution is 5.93. The molecule has 1 heterocycles. The van der Waals surface area contributed by atoms with Crippen molar-refractivity contribution in [1.82, 2.24) is 4.90 Å². The Balaban J connectivity index is 1.37. The van der Waals surface area contributed by atoms with Gasteiger partial charge in [0, 0.05) is 5.41 Å². The Morgan fingerprint density at radius 3 is 2.36 bits per heavy atom. The fourth-order valence-electron chi connectivity index (χ4n) is 8.78. The molecule has 1 atom stereocenters. The third-order valence-electron chi connectivity index (χ3n) is 10.7. The summed E-state index contributed by atoms with van der Waals surface area (Å²) in [6.45, 7) is 7.25. The van der Waals surface area contributed by atoms with Crippen LogP contribution in [-0.2, 0) is 23.8 Å². The van der Waals surface area contributed by atoms with E-state index in [4.69, 9.17) is 0 Å². The molecule has 4 aromatic rings. The largest absolute Gasteiger partial charge is 0.290 e. The van der Waals surface area contributed by atoms with Crippen LogP contribution in [0.15, 0.2) is 72.8 Å². The summed E-state index contributed by atoms with van der Waals surface area (Å²) in [5, 5.41) is 3.01. The number of allylic oxidation sites excluding steroid dienone is 1. The Morgan fingerprint density at radius 2 is 1.46 bits per heavy atom. The third-order valence-corrected chi connectivity index (χ3v) is 10.7. The molecule has 196 valence electrons. The third kappa shape index (κ3) is 3.29. The summed E-state index contributed by atoms with van der Waals surface area (Å²) in [5.41, 5.74) is 13.5. The average molecular weight is 510 g/mol. The molecule has 39 heavy (non-hydrogen) atoms. The summed E-state index contributed by atoms with van der Waals surface area (Å²) >= 11 is 0. The normalized spacial score (nSPS) is 23.2. The molecule has 4 aliphatic rings. The smallest absolute Gasteiger partial charge is 0.0718 e. The van der Waals surface area contributed by atoms with Gasteiger partial charge in [-0.25, -0.2) is 0 Å². The van der Waals surface area contributed by atoms with Gasteiger partial charge < -0.3 is 0 Å². The number of aryl methyl sites for hydroxylation is 2. The van der Waals surface area contributed by atoms with Gasteiger partial charge in [-0.1, -0.05) is 99.2 Å². The van der Waals surface area contributed by atoms with Crippen molar-refractivity contribution in [1.29, 1.82) is 0 Å². The number of rotatable bonds is 2. The lowest BCUT2D eigenvalue weighted by Crippen LogP contribution is -2.51. The summed E-state index contributed by atoms with van der Waals surface area (Å²) in [7, 11) is 0. The molecule has 0 bridgehead atoms. The van der Waals surface area contributed by atoms with Gasteiger partial charge >= 0.3 is 0 Å². The fourth-order valence-corrected chi connectivity index (χ4v) is 8.78. The van der Waals surface area contributed by atoms with Gasteiger partial charge in [0.05, 0.1) is 5.54 Å². The minimum absolute atomic E-state index is 0.0263. The van der Waals surface area contributed by atoms with Crippen LogP contribution in [0.25, 0.3) is 28.0 Å². The molecular weight excluding hydrogens is 470 g/mol. The minimum Gasteiger partial charge on any atom is -0.290 e. The summed E-state index contributed by atoms with van der Waals surface area (Å²) in [4.78, 5) is 2.89. The van der Waals surface area contributed by atoms with Crippen molar-refractivity contribution >= 4 is 16.8 Å². The lowest BCUT2D eigenvalue weighted by Gasteiger charge is -2.50. The Hall–Kier alpha value is -3.16. The maximum Gasteiger partial charge on any atom is 0.0718 e. The number of likely N-dealkylation sites (tertiary alicyclic amines) is 1. The molecule has 0 radical (unpaired) electrons. The number of hydrogen-bond acceptors (Lipinski definition) is 1. The molecule has 1 nitrogen and oxygen atoms in total. The van der Waals surface area contributed by atoms with Crippen molar-refractivity contribution in [2.45, 2.75) is 76.2 Å². The molecule has 3 aliphatic carbocycles. The molecule has 1 heteroatoms. The van der Waals surface area contributed by atoms with E-state index in [2.05, 4.69) is 97.6 Å². The predicted octanol–water partition coefficient (Wildman–Crippen LogP) is 9.17. The zero-order chi connectivity index (χ0) is 26.2. The van der Waals surface area contributed by atoms with Gasteiger partial charge in [0.2, 0.25) is 0 Å². The zero-order valence-corrected chi connectivity index (χ0v) is 23.5. The highest BCUT2D eigenvalue weighted by Crippen LogP contribution is 2.53. The molecule has 0 N–H and O–H groups in total. The molecule has 8 rings (SSSR count).